The highest BCUT2D eigenvalue weighted by molar-refractivity contribution is 5.99. The molecule has 0 bridgehead atoms. The third-order valence-electron chi connectivity index (χ3n) is 3.19. The van der Waals surface area contributed by atoms with Crippen molar-refractivity contribution in [1.29, 1.82) is 0 Å². The zero-order valence-electron chi connectivity index (χ0n) is 10.7. The first-order valence-corrected chi connectivity index (χ1v) is 6.02. The summed E-state index contributed by atoms with van der Waals surface area (Å²) in [7, 11) is 1.45. The summed E-state index contributed by atoms with van der Waals surface area (Å²) in [6.07, 6.45) is 0.780. The summed E-state index contributed by atoms with van der Waals surface area (Å²) in [6, 6.07) is 4.71. The van der Waals surface area contributed by atoms with Crippen LogP contribution >= 0.6 is 0 Å². The summed E-state index contributed by atoms with van der Waals surface area (Å²) in [5.41, 5.74) is 0.171. The van der Waals surface area contributed by atoms with Crippen molar-refractivity contribution in [2.45, 2.75) is 0 Å². The topological polar surface area (TPSA) is 70.1 Å². The molecule has 0 unspecified atom stereocenters. The predicted molar refractivity (Wildman–Crippen MR) is 68.2 cm³/mol. The molecule has 6 heteroatoms. The van der Waals surface area contributed by atoms with Crippen LogP contribution in [0, 0.1) is 0 Å². The summed E-state index contributed by atoms with van der Waals surface area (Å²) in [6.45, 7) is 1.92. The highest BCUT2D eigenvalue weighted by Gasteiger charge is 2.25. The molecule has 2 amide bonds. The van der Waals surface area contributed by atoms with Crippen molar-refractivity contribution in [3.05, 3.63) is 23.8 Å². The second-order valence-corrected chi connectivity index (χ2v) is 4.29. The number of carbonyl (C=O) groups is 2. The molecule has 0 aromatic heterocycles. The molecule has 6 nitrogen and oxygen atoms in total. The van der Waals surface area contributed by atoms with E-state index in [0.29, 0.717) is 31.9 Å². The van der Waals surface area contributed by atoms with Gasteiger partial charge in [0.2, 0.25) is 6.41 Å². The molecule has 0 spiro atoms. The fourth-order valence-corrected chi connectivity index (χ4v) is 2.09. The largest absolute Gasteiger partial charge is 0.507 e. The third kappa shape index (κ3) is 2.62. The molecule has 0 saturated carbocycles. The van der Waals surface area contributed by atoms with Crippen LogP contribution in [0.2, 0.25) is 0 Å². The van der Waals surface area contributed by atoms with Crippen molar-refractivity contribution in [3.8, 4) is 11.5 Å². The van der Waals surface area contributed by atoms with E-state index < -0.39 is 0 Å². The molecule has 1 N–H and O–H groups in total. The monoisotopic (exact) mass is 264 g/mol. The molecular weight excluding hydrogens is 248 g/mol. The molecule has 0 radical (unpaired) electrons. The number of piperazine rings is 1. The SMILES string of the molecule is COc1cccc(O)c1C(=O)N1CCN(C=O)CC1. The molecule has 19 heavy (non-hydrogen) atoms. The van der Waals surface area contributed by atoms with Crippen LogP contribution in [0.4, 0.5) is 0 Å². The second kappa shape index (κ2) is 5.60. The Morgan fingerprint density at radius 3 is 2.58 bits per heavy atom. The van der Waals surface area contributed by atoms with E-state index in [2.05, 4.69) is 0 Å². The van der Waals surface area contributed by atoms with Crippen molar-refractivity contribution in [2.75, 3.05) is 33.3 Å². The molecular formula is C13H16N2O4. The van der Waals surface area contributed by atoms with Gasteiger partial charge in [-0.1, -0.05) is 6.07 Å². The Morgan fingerprint density at radius 1 is 1.32 bits per heavy atom. The molecule has 2 rings (SSSR count). The van der Waals surface area contributed by atoms with Crippen LogP contribution in [0.3, 0.4) is 0 Å². The smallest absolute Gasteiger partial charge is 0.261 e. The number of hydrogen-bond acceptors (Lipinski definition) is 4. The Kier molecular flexibility index (Phi) is 3.89. The number of carbonyl (C=O) groups excluding carboxylic acids is 2. The number of amides is 2. The maximum absolute atomic E-state index is 12.4. The number of aromatic hydroxyl groups is 1. The molecule has 1 aliphatic rings. The average molecular weight is 264 g/mol. The predicted octanol–water partition coefficient (Wildman–Crippen LogP) is 0.315. The molecule has 1 aromatic rings. The van der Waals surface area contributed by atoms with Crippen LogP contribution in [0.1, 0.15) is 10.4 Å². The van der Waals surface area contributed by atoms with E-state index >= 15 is 0 Å². The Bertz CT molecular complexity index is 482. The minimum absolute atomic E-state index is 0.0952. The minimum atomic E-state index is -0.277. The molecule has 1 aromatic carbocycles. The number of phenolic OH excluding ortho intramolecular Hbond substituents is 1. The summed E-state index contributed by atoms with van der Waals surface area (Å²) in [5, 5.41) is 9.83. The maximum Gasteiger partial charge on any atom is 0.261 e. The van der Waals surface area contributed by atoms with Crippen LogP contribution in [-0.4, -0.2) is 60.5 Å². The van der Waals surface area contributed by atoms with Crippen molar-refractivity contribution < 1.29 is 19.4 Å². The average Bonchev–Trinajstić information content (AvgIpc) is 2.46. The van der Waals surface area contributed by atoms with Crippen LogP contribution in [0.15, 0.2) is 18.2 Å². The first-order chi connectivity index (χ1) is 9.17. The van der Waals surface area contributed by atoms with Gasteiger partial charge in [0, 0.05) is 26.2 Å². The van der Waals surface area contributed by atoms with Gasteiger partial charge in [-0.15, -0.1) is 0 Å². The third-order valence-corrected chi connectivity index (χ3v) is 3.19. The Labute approximate surface area is 111 Å². The second-order valence-electron chi connectivity index (χ2n) is 4.29. The minimum Gasteiger partial charge on any atom is -0.507 e. The van der Waals surface area contributed by atoms with E-state index in [1.807, 2.05) is 0 Å². The van der Waals surface area contributed by atoms with Crippen LogP contribution in [0.5, 0.6) is 11.5 Å². The van der Waals surface area contributed by atoms with Gasteiger partial charge in [0.05, 0.1) is 7.11 Å². The standard InChI is InChI=1S/C13H16N2O4/c1-19-11-4-2-3-10(17)12(11)13(18)15-7-5-14(9-16)6-8-15/h2-4,9,17H,5-8H2,1H3. The van der Waals surface area contributed by atoms with E-state index in [4.69, 9.17) is 4.74 Å². The Balaban J connectivity index is 2.19. The van der Waals surface area contributed by atoms with Crippen molar-refractivity contribution >= 4 is 12.3 Å². The number of nitrogens with zero attached hydrogens (tertiary/aromatic N) is 2. The number of rotatable bonds is 3. The summed E-state index contributed by atoms with van der Waals surface area (Å²) in [5.74, 6) is -0.0227. The van der Waals surface area contributed by atoms with E-state index in [-0.39, 0.29) is 17.2 Å². The summed E-state index contributed by atoms with van der Waals surface area (Å²) in [4.78, 5) is 26.2. The molecule has 1 saturated heterocycles. The van der Waals surface area contributed by atoms with Crippen molar-refractivity contribution in [2.24, 2.45) is 0 Å². The quantitative estimate of drug-likeness (QED) is 0.798. The molecule has 1 fully saturated rings. The van der Waals surface area contributed by atoms with E-state index in [1.165, 1.54) is 13.2 Å². The number of hydrogen-bond donors (Lipinski definition) is 1. The lowest BCUT2D eigenvalue weighted by molar-refractivity contribution is -0.119. The highest BCUT2D eigenvalue weighted by Crippen LogP contribution is 2.28. The normalized spacial score (nSPS) is 15.2. The first kappa shape index (κ1) is 13.2. The van der Waals surface area contributed by atoms with E-state index in [9.17, 15) is 14.7 Å². The fourth-order valence-electron chi connectivity index (χ4n) is 2.09. The van der Waals surface area contributed by atoms with Gasteiger partial charge in [0.1, 0.15) is 17.1 Å². The number of benzene rings is 1. The lowest BCUT2D eigenvalue weighted by Gasteiger charge is -2.32. The Hall–Kier alpha value is -2.24. The van der Waals surface area contributed by atoms with Gasteiger partial charge in [0.25, 0.3) is 5.91 Å². The number of ether oxygens (including phenoxy) is 1. The van der Waals surface area contributed by atoms with E-state index in [0.717, 1.165) is 6.41 Å². The van der Waals surface area contributed by atoms with Gasteiger partial charge < -0.3 is 19.6 Å². The van der Waals surface area contributed by atoms with Gasteiger partial charge in [-0.2, -0.15) is 0 Å². The zero-order valence-corrected chi connectivity index (χ0v) is 10.7. The zero-order chi connectivity index (χ0) is 13.8. The van der Waals surface area contributed by atoms with Gasteiger partial charge in [0.15, 0.2) is 0 Å². The molecule has 1 aliphatic heterocycles. The molecule has 0 atom stereocenters. The number of phenols is 1. The van der Waals surface area contributed by atoms with Crippen molar-refractivity contribution in [1.82, 2.24) is 9.80 Å². The maximum atomic E-state index is 12.4. The van der Waals surface area contributed by atoms with Gasteiger partial charge >= 0.3 is 0 Å². The summed E-state index contributed by atoms with van der Waals surface area (Å²) >= 11 is 0. The van der Waals surface area contributed by atoms with Gasteiger partial charge in [-0.3, -0.25) is 9.59 Å². The lowest BCUT2D eigenvalue weighted by Crippen LogP contribution is -2.48. The number of methoxy groups -OCH3 is 1. The van der Waals surface area contributed by atoms with E-state index in [1.54, 1.807) is 21.9 Å². The van der Waals surface area contributed by atoms with Crippen LogP contribution < -0.4 is 4.74 Å². The van der Waals surface area contributed by atoms with Gasteiger partial charge in [-0.25, -0.2) is 0 Å². The Morgan fingerprint density at radius 2 is 2.00 bits per heavy atom. The van der Waals surface area contributed by atoms with Gasteiger partial charge in [-0.05, 0) is 12.1 Å². The fraction of sp³-hybridized carbons (Fsp3) is 0.385. The first-order valence-electron chi connectivity index (χ1n) is 6.02. The lowest BCUT2D eigenvalue weighted by atomic mass is 10.1. The van der Waals surface area contributed by atoms with Crippen molar-refractivity contribution in [3.63, 3.8) is 0 Å². The van der Waals surface area contributed by atoms with Crippen LogP contribution in [0.25, 0.3) is 0 Å². The summed E-state index contributed by atoms with van der Waals surface area (Å²) < 4.78 is 5.11. The highest BCUT2D eigenvalue weighted by atomic mass is 16.5. The molecule has 102 valence electrons. The molecule has 1 heterocycles. The molecule has 0 aliphatic carbocycles. The van der Waals surface area contributed by atoms with Crippen LogP contribution in [-0.2, 0) is 4.79 Å².